The molecule has 0 aromatic heterocycles. The van der Waals surface area contributed by atoms with Gasteiger partial charge in [-0.25, -0.2) is 8.78 Å². The van der Waals surface area contributed by atoms with Crippen molar-refractivity contribution in [3.8, 4) is 5.75 Å². The Balaban J connectivity index is 2.05. The quantitative estimate of drug-likeness (QED) is 0.739. The Kier molecular flexibility index (Phi) is 4.49. The van der Waals surface area contributed by atoms with Crippen molar-refractivity contribution in [2.24, 2.45) is 5.92 Å². The van der Waals surface area contributed by atoms with Crippen LogP contribution >= 0.6 is 0 Å². The maximum Gasteiger partial charge on any atom is 0.254 e. The highest BCUT2D eigenvalue weighted by Gasteiger charge is 2.23. The molecular weight excluding hydrogens is 273 g/mol. The highest BCUT2D eigenvalue weighted by atomic mass is 19.2. The summed E-state index contributed by atoms with van der Waals surface area (Å²) in [6.45, 7) is 1.98. The molecule has 0 radical (unpaired) electrons. The second-order valence-corrected chi connectivity index (χ2v) is 4.80. The van der Waals surface area contributed by atoms with Crippen molar-refractivity contribution in [3.63, 3.8) is 0 Å². The summed E-state index contributed by atoms with van der Waals surface area (Å²) in [5.41, 5.74) is -0.704. The first-order valence-corrected chi connectivity index (χ1v) is 6.36. The van der Waals surface area contributed by atoms with Gasteiger partial charge in [-0.05, 0) is 37.9 Å². The van der Waals surface area contributed by atoms with E-state index >= 15 is 0 Å². The molecule has 0 bridgehead atoms. The fourth-order valence-corrected chi connectivity index (χ4v) is 2.19. The van der Waals surface area contributed by atoms with Crippen LogP contribution in [0.5, 0.6) is 5.75 Å². The third-order valence-corrected chi connectivity index (χ3v) is 3.33. The van der Waals surface area contributed by atoms with Crippen molar-refractivity contribution < 1.29 is 23.1 Å². The highest BCUT2D eigenvalue weighted by Crippen LogP contribution is 2.25. The molecule has 1 saturated heterocycles. The van der Waals surface area contributed by atoms with E-state index in [4.69, 9.17) is 5.11 Å². The summed E-state index contributed by atoms with van der Waals surface area (Å²) in [5, 5.41) is 14.7. The third-order valence-electron chi connectivity index (χ3n) is 3.33. The van der Waals surface area contributed by atoms with Gasteiger partial charge in [0.15, 0.2) is 17.4 Å². The molecular formula is C13H15F3N2O2. The third kappa shape index (κ3) is 3.04. The lowest BCUT2D eigenvalue weighted by molar-refractivity contribution is 0.0939. The summed E-state index contributed by atoms with van der Waals surface area (Å²) in [7, 11) is 0. The first kappa shape index (κ1) is 14.6. The number of amides is 1. The SMILES string of the molecule is O=C(NCC1CCCNC1)c1cc(F)c(F)c(O)c1F. The van der Waals surface area contributed by atoms with Crippen LogP contribution in [0.15, 0.2) is 6.07 Å². The molecule has 0 spiro atoms. The lowest BCUT2D eigenvalue weighted by Gasteiger charge is -2.22. The number of carbonyl (C=O) groups is 1. The van der Waals surface area contributed by atoms with Crippen molar-refractivity contribution in [1.82, 2.24) is 10.6 Å². The molecule has 1 aliphatic heterocycles. The maximum atomic E-state index is 13.5. The average molecular weight is 288 g/mol. The minimum absolute atomic E-state index is 0.217. The summed E-state index contributed by atoms with van der Waals surface area (Å²) in [5.74, 6) is -6.75. The van der Waals surface area contributed by atoms with Crippen LogP contribution in [0, 0.1) is 23.4 Å². The molecule has 1 amide bonds. The van der Waals surface area contributed by atoms with Gasteiger partial charge in [0.1, 0.15) is 0 Å². The molecule has 3 N–H and O–H groups in total. The number of hydrogen-bond acceptors (Lipinski definition) is 3. The molecule has 0 saturated carbocycles. The fourth-order valence-electron chi connectivity index (χ4n) is 2.19. The van der Waals surface area contributed by atoms with Gasteiger partial charge in [0.05, 0.1) is 5.56 Å². The summed E-state index contributed by atoms with van der Waals surface area (Å²) >= 11 is 0. The second-order valence-electron chi connectivity index (χ2n) is 4.80. The number of nitrogens with one attached hydrogen (secondary N) is 2. The second kappa shape index (κ2) is 6.13. The highest BCUT2D eigenvalue weighted by molar-refractivity contribution is 5.94. The Morgan fingerprint density at radius 2 is 2.15 bits per heavy atom. The lowest BCUT2D eigenvalue weighted by Crippen LogP contribution is -2.38. The van der Waals surface area contributed by atoms with Crippen LogP contribution in [-0.2, 0) is 0 Å². The predicted molar refractivity (Wildman–Crippen MR) is 65.9 cm³/mol. The zero-order valence-corrected chi connectivity index (χ0v) is 10.7. The van der Waals surface area contributed by atoms with Gasteiger partial charge in [-0.1, -0.05) is 0 Å². The Labute approximate surface area is 114 Å². The molecule has 1 aromatic carbocycles. The van der Waals surface area contributed by atoms with Gasteiger partial charge in [-0.15, -0.1) is 0 Å². The van der Waals surface area contributed by atoms with Crippen LogP contribution in [0.2, 0.25) is 0 Å². The largest absolute Gasteiger partial charge is 0.503 e. The Morgan fingerprint density at radius 1 is 1.40 bits per heavy atom. The lowest BCUT2D eigenvalue weighted by atomic mass is 9.99. The molecule has 1 atom stereocenters. The summed E-state index contributed by atoms with van der Waals surface area (Å²) in [6, 6.07) is 0.443. The average Bonchev–Trinajstić information content (AvgIpc) is 2.47. The van der Waals surface area contributed by atoms with Crippen molar-refractivity contribution in [2.45, 2.75) is 12.8 Å². The first-order chi connectivity index (χ1) is 9.50. The number of carbonyl (C=O) groups excluding carboxylic acids is 1. The Hall–Kier alpha value is -1.76. The molecule has 1 heterocycles. The van der Waals surface area contributed by atoms with E-state index in [1.54, 1.807) is 0 Å². The van der Waals surface area contributed by atoms with E-state index in [1.807, 2.05) is 0 Å². The molecule has 1 aromatic rings. The molecule has 110 valence electrons. The van der Waals surface area contributed by atoms with E-state index in [9.17, 15) is 18.0 Å². The number of benzene rings is 1. The molecule has 1 fully saturated rings. The van der Waals surface area contributed by atoms with E-state index < -0.39 is 34.7 Å². The van der Waals surface area contributed by atoms with Gasteiger partial charge < -0.3 is 15.7 Å². The van der Waals surface area contributed by atoms with Crippen LogP contribution in [0.25, 0.3) is 0 Å². The Morgan fingerprint density at radius 3 is 2.80 bits per heavy atom. The zero-order chi connectivity index (χ0) is 14.7. The number of piperidine rings is 1. The smallest absolute Gasteiger partial charge is 0.254 e. The van der Waals surface area contributed by atoms with E-state index in [0.29, 0.717) is 12.6 Å². The standard InChI is InChI=1S/C13H15F3N2O2/c14-9-4-8(10(15)12(19)11(9)16)13(20)18-6-7-2-1-3-17-5-7/h4,7,17,19H,1-3,5-6H2,(H,18,20). The number of phenols is 1. The molecule has 0 aliphatic carbocycles. The van der Waals surface area contributed by atoms with E-state index in [1.165, 1.54) is 0 Å². The molecule has 1 unspecified atom stereocenters. The van der Waals surface area contributed by atoms with Gasteiger partial charge in [0.2, 0.25) is 5.82 Å². The van der Waals surface area contributed by atoms with Crippen LogP contribution < -0.4 is 10.6 Å². The van der Waals surface area contributed by atoms with Gasteiger partial charge in [0, 0.05) is 6.54 Å². The summed E-state index contributed by atoms with van der Waals surface area (Å²) in [6.07, 6.45) is 1.92. The summed E-state index contributed by atoms with van der Waals surface area (Å²) in [4.78, 5) is 11.8. The van der Waals surface area contributed by atoms with Crippen molar-refractivity contribution >= 4 is 5.91 Å². The monoisotopic (exact) mass is 288 g/mol. The van der Waals surface area contributed by atoms with E-state index in [0.717, 1.165) is 25.9 Å². The van der Waals surface area contributed by atoms with Crippen LogP contribution in [0.1, 0.15) is 23.2 Å². The number of rotatable bonds is 3. The molecule has 1 aliphatic rings. The normalized spacial score (nSPS) is 18.9. The minimum atomic E-state index is -1.70. The molecule has 2 rings (SSSR count). The number of phenolic OH excluding ortho intramolecular Hbond substituents is 1. The maximum absolute atomic E-state index is 13.5. The Bertz CT molecular complexity index is 517. The van der Waals surface area contributed by atoms with Crippen molar-refractivity contribution in [1.29, 1.82) is 0 Å². The number of halogens is 3. The van der Waals surface area contributed by atoms with E-state index in [-0.39, 0.29) is 5.92 Å². The molecule has 20 heavy (non-hydrogen) atoms. The van der Waals surface area contributed by atoms with Gasteiger partial charge >= 0.3 is 0 Å². The fraction of sp³-hybridized carbons (Fsp3) is 0.462. The van der Waals surface area contributed by atoms with Crippen molar-refractivity contribution in [2.75, 3.05) is 19.6 Å². The predicted octanol–water partition coefficient (Wildman–Crippen LogP) is 1.54. The van der Waals surface area contributed by atoms with Crippen LogP contribution in [0.4, 0.5) is 13.2 Å². The van der Waals surface area contributed by atoms with Gasteiger partial charge in [0.25, 0.3) is 5.91 Å². The topological polar surface area (TPSA) is 61.4 Å². The zero-order valence-electron chi connectivity index (χ0n) is 10.7. The molecule has 7 heteroatoms. The molecule has 4 nitrogen and oxygen atoms in total. The number of hydrogen-bond donors (Lipinski definition) is 3. The van der Waals surface area contributed by atoms with Gasteiger partial charge in [-0.2, -0.15) is 4.39 Å². The van der Waals surface area contributed by atoms with Crippen LogP contribution in [0.3, 0.4) is 0 Å². The number of aromatic hydroxyl groups is 1. The minimum Gasteiger partial charge on any atom is -0.503 e. The van der Waals surface area contributed by atoms with Crippen LogP contribution in [-0.4, -0.2) is 30.6 Å². The van der Waals surface area contributed by atoms with Crippen molar-refractivity contribution in [3.05, 3.63) is 29.1 Å². The van der Waals surface area contributed by atoms with Gasteiger partial charge in [-0.3, -0.25) is 4.79 Å². The van der Waals surface area contributed by atoms with E-state index in [2.05, 4.69) is 10.6 Å². The summed E-state index contributed by atoms with van der Waals surface area (Å²) < 4.78 is 39.5. The first-order valence-electron chi connectivity index (χ1n) is 6.36.